The summed E-state index contributed by atoms with van der Waals surface area (Å²) in [5.74, 6) is 0.658. The number of nitro groups is 1. The van der Waals surface area contributed by atoms with Crippen LogP contribution in [0.4, 0.5) is 10.8 Å². The van der Waals surface area contributed by atoms with Gasteiger partial charge in [0.1, 0.15) is 11.5 Å². The number of aromatic nitrogens is 4. The number of nitrogens with zero attached hydrogens (tertiary/aromatic N) is 5. The van der Waals surface area contributed by atoms with Crippen LogP contribution in [0.15, 0.2) is 71.9 Å². The van der Waals surface area contributed by atoms with E-state index in [1.807, 2.05) is 24.3 Å². The third-order valence-corrected chi connectivity index (χ3v) is 7.83. The number of carbonyl (C=O) groups excluding carboxylic acids is 2. The summed E-state index contributed by atoms with van der Waals surface area (Å²) in [6.45, 7) is -0.0400. The molecule has 214 valence electrons. The molecule has 0 radical (unpaired) electrons. The van der Waals surface area contributed by atoms with Crippen molar-refractivity contribution >= 4 is 55.9 Å². The third kappa shape index (κ3) is 6.31. The predicted molar refractivity (Wildman–Crippen MR) is 158 cm³/mol. The Morgan fingerprint density at radius 1 is 1.05 bits per heavy atom. The lowest BCUT2D eigenvalue weighted by Gasteiger charge is -2.15. The Morgan fingerprint density at radius 2 is 1.83 bits per heavy atom. The van der Waals surface area contributed by atoms with Gasteiger partial charge in [-0.15, -0.1) is 10.2 Å². The smallest absolute Gasteiger partial charge is 0.269 e. The van der Waals surface area contributed by atoms with Crippen molar-refractivity contribution in [3.8, 4) is 17.2 Å². The zero-order valence-electron chi connectivity index (χ0n) is 22.3. The first kappa shape index (κ1) is 28.5. The molecule has 0 aliphatic rings. The monoisotopic (exact) mass is 605 g/mol. The van der Waals surface area contributed by atoms with E-state index in [0.29, 0.717) is 33.3 Å². The van der Waals surface area contributed by atoms with Crippen molar-refractivity contribution in [2.45, 2.75) is 11.7 Å². The highest BCUT2D eigenvalue weighted by Crippen LogP contribution is 2.32. The SMILES string of the molecule is COc1ccc(OC)c(-n2c(CNC(=O)c3ccc([N+](=O)[O-])cc3)nnc2SCC(=O)Nc2nc3ccccc3s2)c1. The largest absolute Gasteiger partial charge is 0.497 e. The average Bonchev–Trinajstić information content (AvgIpc) is 3.61. The highest BCUT2D eigenvalue weighted by atomic mass is 32.2. The quantitative estimate of drug-likeness (QED) is 0.125. The number of rotatable bonds is 11. The van der Waals surface area contributed by atoms with Crippen LogP contribution in [0.25, 0.3) is 15.9 Å². The minimum absolute atomic E-state index is 0.00942. The summed E-state index contributed by atoms with van der Waals surface area (Å²) in [5.41, 5.74) is 1.46. The number of thiazole rings is 1. The van der Waals surface area contributed by atoms with Gasteiger partial charge in [-0.25, -0.2) is 4.98 Å². The van der Waals surface area contributed by atoms with Crippen LogP contribution < -0.4 is 20.1 Å². The molecule has 15 heteroatoms. The first-order valence-electron chi connectivity index (χ1n) is 12.3. The van der Waals surface area contributed by atoms with Gasteiger partial charge < -0.3 is 20.1 Å². The molecule has 42 heavy (non-hydrogen) atoms. The van der Waals surface area contributed by atoms with Gasteiger partial charge in [-0.2, -0.15) is 0 Å². The molecule has 0 aliphatic heterocycles. The van der Waals surface area contributed by atoms with Crippen LogP contribution >= 0.6 is 23.1 Å². The molecular weight excluding hydrogens is 582 g/mol. The van der Waals surface area contributed by atoms with E-state index in [-0.39, 0.29) is 29.5 Å². The molecule has 0 atom stereocenters. The number of nitro benzene ring substituents is 1. The molecule has 0 saturated heterocycles. The maximum Gasteiger partial charge on any atom is 0.269 e. The summed E-state index contributed by atoms with van der Waals surface area (Å²) >= 11 is 2.53. The molecule has 2 aromatic heterocycles. The normalized spacial score (nSPS) is 10.8. The van der Waals surface area contributed by atoms with Gasteiger partial charge in [0, 0.05) is 23.8 Å². The number of hydrogen-bond donors (Lipinski definition) is 2. The molecular formula is C27H23N7O6S2. The summed E-state index contributed by atoms with van der Waals surface area (Å²) < 4.78 is 13.6. The van der Waals surface area contributed by atoms with E-state index < -0.39 is 10.8 Å². The maximum absolute atomic E-state index is 12.8. The molecule has 0 fully saturated rings. The first-order valence-corrected chi connectivity index (χ1v) is 14.1. The number of ether oxygens (including phenoxy) is 2. The molecule has 2 N–H and O–H groups in total. The van der Waals surface area contributed by atoms with Crippen molar-refractivity contribution in [3.63, 3.8) is 0 Å². The summed E-state index contributed by atoms with van der Waals surface area (Å²) in [7, 11) is 3.05. The molecule has 5 rings (SSSR count). The van der Waals surface area contributed by atoms with E-state index in [1.165, 1.54) is 49.8 Å². The van der Waals surface area contributed by atoms with Gasteiger partial charge in [-0.1, -0.05) is 35.2 Å². The number of amides is 2. The Morgan fingerprint density at radius 3 is 2.55 bits per heavy atom. The topological polar surface area (TPSA) is 163 Å². The molecule has 13 nitrogen and oxygen atoms in total. The second-order valence-electron chi connectivity index (χ2n) is 8.58. The van der Waals surface area contributed by atoms with Gasteiger partial charge in [0.05, 0.1) is 47.3 Å². The van der Waals surface area contributed by atoms with Gasteiger partial charge in [-0.05, 0) is 36.4 Å². The second-order valence-corrected chi connectivity index (χ2v) is 10.6. The molecule has 0 spiro atoms. The molecule has 2 amide bonds. The number of hydrogen-bond acceptors (Lipinski definition) is 11. The molecule has 0 saturated carbocycles. The third-order valence-electron chi connectivity index (χ3n) is 5.95. The van der Waals surface area contributed by atoms with Crippen LogP contribution in [-0.4, -0.2) is 56.5 Å². The molecule has 5 aromatic rings. The van der Waals surface area contributed by atoms with Crippen LogP contribution in [0.1, 0.15) is 16.2 Å². The lowest BCUT2D eigenvalue weighted by molar-refractivity contribution is -0.384. The van der Waals surface area contributed by atoms with E-state index in [9.17, 15) is 19.7 Å². The first-order chi connectivity index (χ1) is 20.4. The highest BCUT2D eigenvalue weighted by molar-refractivity contribution is 7.99. The van der Waals surface area contributed by atoms with E-state index in [4.69, 9.17) is 9.47 Å². The number of thioether (sulfide) groups is 1. The van der Waals surface area contributed by atoms with Gasteiger partial charge in [-0.3, -0.25) is 24.3 Å². The van der Waals surface area contributed by atoms with Crippen molar-refractivity contribution in [2.75, 3.05) is 25.3 Å². The molecule has 0 aliphatic carbocycles. The number of para-hydroxylation sites is 1. The molecule has 0 unspecified atom stereocenters. The van der Waals surface area contributed by atoms with Crippen LogP contribution in [0.5, 0.6) is 11.5 Å². The van der Waals surface area contributed by atoms with Crippen LogP contribution in [0.2, 0.25) is 0 Å². The maximum atomic E-state index is 12.8. The number of carbonyl (C=O) groups is 2. The van der Waals surface area contributed by atoms with Crippen molar-refractivity contribution in [3.05, 3.63) is 88.2 Å². The van der Waals surface area contributed by atoms with Crippen molar-refractivity contribution in [2.24, 2.45) is 0 Å². The standard InChI is InChI=1S/C27H23N7O6S2/c1-39-18-11-12-21(40-2)20(13-18)33-23(14-28-25(36)16-7-9-17(10-8-16)34(37)38)31-32-27(33)41-15-24(35)30-26-29-19-5-3-4-6-22(19)42-26/h3-13H,14-15H2,1-2H3,(H,28,36)(H,29,30,35). The highest BCUT2D eigenvalue weighted by Gasteiger charge is 2.21. The van der Waals surface area contributed by atoms with E-state index >= 15 is 0 Å². The van der Waals surface area contributed by atoms with E-state index in [2.05, 4.69) is 25.8 Å². The summed E-state index contributed by atoms with van der Waals surface area (Å²) in [5, 5.41) is 25.9. The van der Waals surface area contributed by atoms with Crippen molar-refractivity contribution in [1.29, 1.82) is 0 Å². The van der Waals surface area contributed by atoms with Gasteiger partial charge in [0.25, 0.3) is 11.6 Å². The Labute approximate surface area is 247 Å². The van der Waals surface area contributed by atoms with Gasteiger partial charge >= 0.3 is 0 Å². The van der Waals surface area contributed by atoms with Crippen LogP contribution in [-0.2, 0) is 11.3 Å². The van der Waals surface area contributed by atoms with E-state index in [0.717, 1.165) is 22.0 Å². The van der Waals surface area contributed by atoms with Crippen molar-refractivity contribution in [1.82, 2.24) is 25.1 Å². The molecule has 0 bridgehead atoms. The number of non-ortho nitro benzene ring substituents is 1. The number of benzene rings is 3. The Balaban J connectivity index is 1.37. The van der Waals surface area contributed by atoms with Crippen LogP contribution in [0, 0.1) is 10.1 Å². The second kappa shape index (κ2) is 12.7. The summed E-state index contributed by atoms with van der Waals surface area (Å²) in [6.07, 6.45) is 0. The zero-order valence-corrected chi connectivity index (χ0v) is 23.9. The van der Waals surface area contributed by atoms with E-state index in [1.54, 1.807) is 22.8 Å². The Hall–Kier alpha value is -5.02. The Bertz CT molecular complexity index is 1740. The summed E-state index contributed by atoms with van der Waals surface area (Å²) in [6, 6.07) is 18.1. The predicted octanol–water partition coefficient (Wildman–Crippen LogP) is 4.46. The number of methoxy groups -OCH3 is 2. The zero-order chi connectivity index (χ0) is 29.6. The lowest BCUT2D eigenvalue weighted by Crippen LogP contribution is -2.24. The fraction of sp³-hybridized carbons (Fsp3) is 0.148. The fourth-order valence-electron chi connectivity index (χ4n) is 3.93. The number of fused-ring (bicyclic) bond motifs is 1. The molecule has 2 heterocycles. The number of nitrogens with one attached hydrogen (secondary N) is 2. The lowest BCUT2D eigenvalue weighted by atomic mass is 10.2. The average molecular weight is 606 g/mol. The molecule has 3 aromatic carbocycles. The van der Waals surface area contributed by atoms with Gasteiger partial charge in [0.2, 0.25) is 5.91 Å². The minimum atomic E-state index is -0.538. The Kier molecular flexibility index (Phi) is 8.59. The summed E-state index contributed by atoms with van der Waals surface area (Å²) in [4.78, 5) is 40.4. The minimum Gasteiger partial charge on any atom is -0.497 e. The van der Waals surface area contributed by atoms with Gasteiger partial charge in [0.15, 0.2) is 16.1 Å². The fourth-order valence-corrected chi connectivity index (χ4v) is 5.57. The van der Waals surface area contributed by atoms with Crippen molar-refractivity contribution < 1.29 is 24.0 Å². The number of anilines is 1. The van der Waals surface area contributed by atoms with Crippen LogP contribution in [0.3, 0.4) is 0 Å².